The molecular weight excluding hydrogens is 468 g/mol. The lowest BCUT2D eigenvalue weighted by atomic mass is 10.0. The van der Waals surface area contributed by atoms with E-state index in [1.165, 1.54) is 11.3 Å². The molecule has 36 heavy (non-hydrogen) atoms. The summed E-state index contributed by atoms with van der Waals surface area (Å²) in [6.45, 7) is 5.80. The molecule has 3 N–H and O–H groups in total. The number of thiophene rings is 1. The Labute approximate surface area is 211 Å². The maximum atomic E-state index is 11.8. The summed E-state index contributed by atoms with van der Waals surface area (Å²) in [5, 5.41) is 13.2. The van der Waals surface area contributed by atoms with E-state index < -0.39 is 0 Å². The first-order valence-electron chi connectivity index (χ1n) is 11.8. The van der Waals surface area contributed by atoms with Gasteiger partial charge in [0, 0.05) is 46.5 Å². The van der Waals surface area contributed by atoms with Crippen molar-refractivity contribution in [2.45, 2.75) is 26.8 Å². The average Bonchev–Trinajstić information content (AvgIpc) is 3.60. The van der Waals surface area contributed by atoms with Crippen LogP contribution in [0.15, 0.2) is 67.1 Å². The van der Waals surface area contributed by atoms with Crippen LogP contribution >= 0.6 is 11.3 Å². The predicted molar refractivity (Wildman–Crippen MR) is 146 cm³/mol. The third-order valence-electron chi connectivity index (χ3n) is 6.08. The first-order valence-corrected chi connectivity index (χ1v) is 12.6. The van der Waals surface area contributed by atoms with Gasteiger partial charge in [-0.2, -0.15) is 5.10 Å². The standard InChI is InChI=1S/C28H24N6OS/c1-15(2)31-19-10-18(13-29-14-19)17-4-5-23-20(11-17)27(34-33-23)24-12-21-22(32-24)8-9-30-28(21)26-7-6-25(36-26)16(3)35/h4-15,31-32H,1-3H3,(H,33,34). The van der Waals surface area contributed by atoms with E-state index >= 15 is 0 Å². The minimum absolute atomic E-state index is 0.0627. The normalized spacial score (nSPS) is 11.6. The Bertz CT molecular complexity index is 1740. The van der Waals surface area contributed by atoms with Gasteiger partial charge in [0.25, 0.3) is 0 Å². The second kappa shape index (κ2) is 8.73. The fourth-order valence-electron chi connectivity index (χ4n) is 4.44. The first-order chi connectivity index (χ1) is 17.5. The Hall–Kier alpha value is -4.30. The Balaban J connectivity index is 1.43. The number of benzene rings is 1. The van der Waals surface area contributed by atoms with Crippen molar-refractivity contribution in [3.63, 3.8) is 0 Å². The molecule has 178 valence electrons. The van der Waals surface area contributed by atoms with Crippen molar-refractivity contribution in [1.29, 1.82) is 0 Å². The monoisotopic (exact) mass is 492 g/mol. The highest BCUT2D eigenvalue weighted by Gasteiger charge is 2.16. The van der Waals surface area contributed by atoms with Crippen LogP contribution in [0.5, 0.6) is 0 Å². The number of Topliss-reactive ketones (excluding diaryl/α,β-unsaturated/α-hetero) is 1. The summed E-state index contributed by atoms with van der Waals surface area (Å²) in [6, 6.07) is 16.6. The van der Waals surface area contributed by atoms with Gasteiger partial charge in [-0.1, -0.05) is 6.07 Å². The number of carbonyl (C=O) groups is 1. The van der Waals surface area contributed by atoms with E-state index in [1.807, 2.05) is 36.7 Å². The zero-order valence-electron chi connectivity index (χ0n) is 20.1. The van der Waals surface area contributed by atoms with Crippen LogP contribution in [0.3, 0.4) is 0 Å². The lowest BCUT2D eigenvalue weighted by Crippen LogP contribution is -2.09. The van der Waals surface area contributed by atoms with Gasteiger partial charge in [-0.15, -0.1) is 11.3 Å². The zero-order valence-corrected chi connectivity index (χ0v) is 20.9. The van der Waals surface area contributed by atoms with E-state index in [2.05, 4.69) is 68.6 Å². The molecule has 0 saturated carbocycles. The number of fused-ring (bicyclic) bond motifs is 2. The average molecular weight is 493 g/mol. The van der Waals surface area contributed by atoms with Crippen molar-refractivity contribution in [2.75, 3.05) is 5.32 Å². The molecule has 6 rings (SSSR count). The van der Waals surface area contributed by atoms with Gasteiger partial charge in [-0.3, -0.25) is 19.9 Å². The highest BCUT2D eigenvalue weighted by atomic mass is 32.1. The number of rotatable bonds is 6. The Morgan fingerprint density at radius 2 is 1.81 bits per heavy atom. The van der Waals surface area contributed by atoms with Crippen LogP contribution in [0.4, 0.5) is 5.69 Å². The Kier molecular flexibility index (Phi) is 5.38. The van der Waals surface area contributed by atoms with Gasteiger partial charge in [0.15, 0.2) is 5.78 Å². The third kappa shape index (κ3) is 3.95. The smallest absolute Gasteiger partial charge is 0.169 e. The molecule has 0 fully saturated rings. The molecule has 0 unspecified atom stereocenters. The van der Waals surface area contributed by atoms with Gasteiger partial charge in [0.2, 0.25) is 0 Å². The highest BCUT2D eigenvalue weighted by molar-refractivity contribution is 7.17. The lowest BCUT2D eigenvalue weighted by molar-refractivity contribution is 0.102. The largest absolute Gasteiger partial charge is 0.382 e. The molecule has 8 heteroatoms. The number of hydrogen-bond donors (Lipinski definition) is 3. The number of ketones is 1. The fraction of sp³-hybridized carbons (Fsp3) is 0.143. The summed E-state index contributed by atoms with van der Waals surface area (Å²) in [6.07, 6.45) is 5.51. The van der Waals surface area contributed by atoms with E-state index in [9.17, 15) is 4.79 Å². The van der Waals surface area contributed by atoms with Gasteiger partial charge in [-0.25, -0.2) is 0 Å². The maximum absolute atomic E-state index is 11.8. The number of aromatic amines is 2. The van der Waals surface area contributed by atoms with E-state index in [1.54, 1.807) is 13.1 Å². The molecule has 0 atom stereocenters. The minimum Gasteiger partial charge on any atom is -0.382 e. The van der Waals surface area contributed by atoms with Crippen molar-refractivity contribution in [3.8, 4) is 33.1 Å². The van der Waals surface area contributed by atoms with Crippen molar-refractivity contribution in [3.05, 3.63) is 72.0 Å². The van der Waals surface area contributed by atoms with Crippen LogP contribution in [0.1, 0.15) is 30.4 Å². The molecule has 0 aliphatic rings. The van der Waals surface area contributed by atoms with Crippen LogP contribution in [-0.4, -0.2) is 37.0 Å². The van der Waals surface area contributed by atoms with Gasteiger partial charge in [-0.05, 0) is 68.8 Å². The second-order valence-electron chi connectivity index (χ2n) is 9.12. The predicted octanol–water partition coefficient (Wildman–Crippen LogP) is 6.92. The van der Waals surface area contributed by atoms with Crippen LogP contribution in [0, 0.1) is 0 Å². The van der Waals surface area contributed by atoms with Crippen molar-refractivity contribution in [2.24, 2.45) is 0 Å². The SMILES string of the molecule is CC(=O)c1ccc(-c2nccc3[nH]c(-c4n[nH]c5ccc(-c6cncc(NC(C)C)c6)cc45)cc23)s1. The lowest BCUT2D eigenvalue weighted by Gasteiger charge is -2.11. The quantitative estimate of drug-likeness (QED) is 0.219. The van der Waals surface area contributed by atoms with E-state index in [0.717, 1.165) is 65.5 Å². The van der Waals surface area contributed by atoms with Gasteiger partial charge in [0.05, 0.1) is 32.3 Å². The molecule has 0 aliphatic carbocycles. The molecule has 5 heterocycles. The van der Waals surface area contributed by atoms with E-state index in [-0.39, 0.29) is 5.78 Å². The van der Waals surface area contributed by atoms with E-state index in [4.69, 9.17) is 0 Å². The van der Waals surface area contributed by atoms with Gasteiger partial charge >= 0.3 is 0 Å². The molecule has 1 aromatic carbocycles. The molecule has 7 nitrogen and oxygen atoms in total. The molecule has 0 amide bonds. The zero-order chi connectivity index (χ0) is 24.8. The van der Waals surface area contributed by atoms with Crippen LogP contribution in [0.25, 0.3) is 54.9 Å². The highest BCUT2D eigenvalue weighted by Crippen LogP contribution is 2.36. The number of nitrogens with one attached hydrogen (secondary N) is 3. The first kappa shape index (κ1) is 22.2. The van der Waals surface area contributed by atoms with Crippen molar-refractivity contribution < 1.29 is 4.79 Å². The number of pyridine rings is 2. The van der Waals surface area contributed by atoms with Crippen molar-refractivity contribution in [1.82, 2.24) is 25.1 Å². The third-order valence-corrected chi connectivity index (χ3v) is 7.27. The number of carbonyl (C=O) groups excluding carboxylic acids is 1. The molecule has 0 saturated heterocycles. The topological polar surface area (TPSA) is 99.4 Å². The molecule has 0 bridgehead atoms. The Morgan fingerprint density at radius 1 is 0.944 bits per heavy atom. The Morgan fingerprint density at radius 3 is 2.61 bits per heavy atom. The maximum Gasteiger partial charge on any atom is 0.169 e. The molecule has 6 aromatic rings. The van der Waals surface area contributed by atoms with Crippen LogP contribution in [-0.2, 0) is 0 Å². The minimum atomic E-state index is 0.0627. The number of aromatic nitrogens is 5. The summed E-state index contributed by atoms with van der Waals surface area (Å²) in [4.78, 5) is 26.1. The van der Waals surface area contributed by atoms with Crippen molar-refractivity contribution >= 4 is 44.6 Å². The molecule has 0 spiro atoms. The fourth-order valence-corrected chi connectivity index (χ4v) is 5.35. The molecular formula is C28H24N6OS. The number of nitrogens with zero attached hydrogens (tertiary/aromatic N) is 3. The van der Waals surface area contributed by atoms with Gasteiger partial charge < -0.3 is 10.3 Å². The van der Waals surface area contributed by atoms with Crippen LogP contribution in [0.2, 0.25) is 0 Å². The molecule has 0 aliphatic heterocycles. The summed E-state index contributed by atoms with van der Waals surface area (Å²) >= 11 is 1.46. The van der Waals surface area contributed by atoms with E-state index in [0.29, 0.717) is 6.04 Å². The summed E-state index contributed by atoms with van der Waals surface area (Å²) < 4.78 is 0. The van der Waals surface area contributed by atoms with Crippen LogP contribution < -0.4 is 5.32 Å². The number of H-pyrrole nitrogens is 2. The summed E-state index contributed by atoms with van der Waals surface area (Å²) in [5.74, 6) is 0.0627. The van der Waals surface area contributed by atoms with Gasteiger partial charge in [0.1, 0.15) is 5.69 Å². The second-order valence-corrected chi connectivity index (χ2v) is 10.2. The molecule has 0 radical (unpaired) electrons. The summed E-state index contributed by atoms with van der Waals surface area (Å²) in [7, 11) is 0. The number of anilines is 1. The summed E-state index contributed by atoms with van der Waals surface area (Å²) in [5.41, 5.74) is 7.63. The molecule has 5 aromatic heterocycles. The number of hydrogen-bond acceptors (Lipinski definition) is 6.